The van der Waals surface area contributed by atoms with Crippen molar-refractivity contribution in [2.75, 3.05) is 13.1 Å². The summed E-state index contributed by atoms with van der Waals surface area (Å²) in [5.74, 6) is 0. The zero-order valence-electron chi connectivity index (χ0n) is 13.9. The molecule has 1 spiro atoms. The monoisotopic (exact) mass is 278 g/mol. The third-order valence-electron chi connectivity index (χ3n) is 6.16. The van der Waals surface area contributed by atoms with E-state index in [4.69, 9.17) is 0 Å². The molecule has 2 aliphatic carbocycles. The van der Waals surface area contributed by atoms with Gasteiger partial charge in [-0.05, 0) is 31.1 Å². The first kappa shape index (κ1) is 14.8. The van der Waals surface area contributed by atoms with Gasteiger partial charge in [0.25, 0.3) is 0 Å². The molecule has 2 saturated carbocycles. The molecule has 1 atom stereocenters. The van der Waals surface area contributed by atoms with Crippen LogP contribution < -0.4 is 5.32 Å². The molecule has 0 radical (unpaired) electrons. The third kappa shape index (κ3) is 2.92. The molecule has 0 bridgehead atoms. The zero-order valence-corrected chi connectivity index (χ0v) is 13.9. The van der Waals surface area contributed by atoms with Crippen LogP contribution in [0.4, 0.5) is 0 Å². The minimum atomic E-state index is 0.394. The molecule has 116 valence electrons. The summed E-state index contributed by atoms with van der Waals surface area (Å²) >= 11 is 0. The topological polar surface area (TPSA) is 15.3 Å². The number of rotatable bonds is 1. The Hall–Kier alpha value is -0.0800. The normalized spacial score (nSPS) is 32.9. The van der Waals surface area contributed by atoms with Crippen LogP contribution in [0.1, 0.15) is 78.6 Å². The van der Waals surface area contributed by atoms with E-state index in [1.165, 1.54) is 70.9 Å². The lowest BCUT2D eigenvalue weighted by Crippen LogP contribution is -2.68. The number of nitrogens with one attached hydrogen (secondary N) is 1. The fourth-order valence-electron chi connectivity index (χ4n) is 4.93. The first-order chi connectivity index (χ1) is 9.50. The molecule has 0 aromatic heterocycles. The van der Waals surface area contributed by atoms with Gasteiger partial charge < -0.3 is 5.32 Å². The number of hydrogen-bond donors (Lipinski definition) is 1. The summed E-state index contributed by atoms with van der Waals surface area (Å²) in [6.45, 7) is 9.82. The summed E-state index contributed by atoms with van der Waals surface area (Å²) in [5, 5.41) is 3.98. The smallest absolute Gasteiger partial charge is 0.0309 e. The van der Waals surface area contributed by atoms with Gasteiger partial charge in [-0.1, -0.05) is 52.9 Å². The molecule has 3 rings (SSSR count). The standard InChI is InChI=1S/C18H34N2/c1-17(2,3)16-13-19-18(11-7-8-12-18)14-20(16)15-9-5-4-6-10-15/h15-16,19H,4-14H2,1-3H3. The van der Waals surface area contributed by atoms with E-state index in [0.717, 1.165) is 12.1 Å². The van der Waals surface area contributed by atoms with Crippen molar-refractivity contribution in [2.24, 2.45) is 5.41 Å². The summed E-state index contributed by atoms with van der Waals surface area (Å²) < 4.78 is 0. The molecule has 3 fully saturated rings. The van der Waals surface area contributed by atoms with Crippen molar-refractivity contribution in [3.63, 3.8) is 0 Å². The van der Waals surface area contributed by atoms with Gasteiger partial charge in [0.1, 0.15) is 0 Å². The Kier molecular flexibility index (Phi) is 4.16. The van der Waals surface area contributed by atoms with Gasteiger partial charge >= 0.3 is 0 Å². The minimum Gasteiger partial charge on any atom is -0.308 e. The number of piperazine rings is 1. The van der Waals surface area contributed by atoms with E-state index in [9.17, 15) is 0 Å². The highest BCUT2D eigenvalue weighted by Gasteiger charge is 2.46. The van der Waals surface area contributed by atoms with Crippen molar-refractivity contribution in [3.8, 4) is 0 Å². The second-order valence-corrected chi connectivity index (χ2v) is 8.71. The predicted octanol–water partition coefficient (Wildman–Crippen LogP) is 3.95. The highest BCUT2D eigenvalue weighted by molar-refractivity contribution is 5.04. The molecule has 1 unspecified atom stereocenters. The van der Waals surface area contributed by atoms with Crippen molar-refractivity contribution in [2.45, 2.75) is 96.2 Å². The molecule has 1 saturated heterocycles. The molecule has 3 aliphatic rings. The predicted molar refractivity (Wildman–Crippen MR) is 86.0 cm³/mol. The van der Waals surface area contributed by atoms with Crippen LogP contribution in [0.2, 0.25) is 0 Å². The van der Waals surface area contributed by atoms with Crippen molar-refractivity contribution >= 4 is 0 Å². The Morgan fingerprint density at radius 3 is 2.20 bits per heavy atom. The number of nitrogens with zero attached hydrogens (tertiary/aromatic N) is 1. The molecule has 1 aliphatic heterocycles. The van der Waals surface area contributed by atoms with E-state index in [0.29, 0.717) is 11.0 Å². The van der Waals surface area contributed by atoms with Gasteiger partial charge in [0.15, 0.2) is 0 Å². The maximum Gasteiger partial charge on any atom is 0.0309 e. The maximum absolute atomic E-state index is 3.98. The summed E-state index contributed by atoms with van der Waals surface area (Å²) in [7, 11) is 0. The van der Waals surface area contributed by atoms with Crippen LogP contribution in [0.3, 0.4) is 0 Å². The fourth-order valence-corrected chi connectivity index (χ4v) is 4.93. The van der Waals surface area contributed by atoms with Crippen LogP contribution in [0.25, 0.3) is 0 Å². The Morgan fingerprint density at radius 1 is 0.950 bits per heavy atom. The molecule has 0 amide bonds. The minimum absolute atomic E-state index is 0.394. The van der Waals surface area contributed by atoms with Crippen LogP contribution in [-0.4, -0.2) is 35.6 Å². The van der Waals surface area contributed by atoms with Crippen molar-refractivity contribution in [3.05, 3.63) is 0 Å². The Balaban J connectivity index is 1.78. The third-order valence-corrected chi connectivity index (χ3v) is 6.16. The van der Waals surface area contributed by atoms with E-state index >= 15 is 0 Å². The van der Waals surface area contributed by atoms with Crippen LogP contribution >= 0.6 is 0 Å². The van der Waals surface area contributed by atoms with Crippen LogP contribution in [0.15, 0.2) is 0 Å². The molecule has 2 heteroatoms. The lowest BCUT2D eigenvalue weighted by Gasteiger charge is -2.54. The highest BCUT2D eigenvalue weighted by Crippen LogP contribution is 2.39. The quantitative estimate of drug-likeness (QED) is 0.781. The van der Waals surface area contributed by atoms with E-state index in [1.54, 1.807) is 0 Å². The van der Waals surface area contributed by atoms with E-state index in [-0.39, 0.29) is 0 Å². The summed E-state index contributed by atoms with van der Waals surface area (Å²) in [6.07, 6.45) is 13.0. The highest BCUT2D eigenvalue weighted by atomic mass is 15.3. The van der Waals surface area contributed by atoms with Crippen molar-refractivity contribution in [1.82, 2.24) is 10.2 Å². The van der Waals surface area contributed by atoms with Crippen LogP contribution in [0.5, 0.6) is 0 Å². The fraction of sp³-hybridized carbons (Fsp3) is 1.00. The summed E-state index contributed by atoms with van der Waals surface area (Å²) in [6, 6.07) is 1.59. The van der Waals surface area contributed by atoms with Gasteiger partial charge in [-0.3, -0.25) is 4.90 Å². The van der Waals surface area contributed by atoms with E-state index in [2.05, 4.69) is 31.0 Å². The van der Waals surface area contributed by atoms with Crippen molar-refractivity contribution < 1.29 is 0 Å². The zero-order chi connectivity index (χ0) is 14.2. The van der Waals surface area contributed by atoms with Gasteiger partial charge in [0.05, 0.1) is 0 Å². The van der Waals surface area contributed by atoms with Gasteiger partial charge in [-0.2, -0.15) is 0 Å². The van der Waals surface area contributed by atoms with E-state index < -0.39 is 0 Å². The SMILES string of the molecule is CC(C)(C)C1CNC2(CCCC2)CN1C1CCCCC1. The maximum atomic E-state index is 3.98. The second kappa shape index (κ2) is 5.61. The number of hydrogen-bond acceptors (Lipinski definition) is 2. The largest absolute Gasteiger partial charge is 0.308 e. The van der Waals surface area contributed by atoms with Crippen molar-refractivity contribution in [1.29, 1.82) is 0 Å². The first-order valence-corrected chi connectivity index (χ1v) is 9.01. The molecular weight excluding hydrogens is 244 g/mol. The van der Waals surface area contributed by atoms with Gasteiger partial charge in [-0.15, -0.1) is 0 Å². The Morgan fingerprint density at radius 2 is 1.60 bits per heavy atom. The molecule has 20 heavy (non-hydrogen) atoms. The van der Waals surface area contributed by atoms with Crippen LogP contribution in [0, 0.1) is 5.41 Å². The Labute approximate surface area is 125 Å². The second-order valence-electron chi connectivity index (χ2n) is 8.71. The van der Waals surface area contributed by atoms with Gasteiger partial charge in [0, 0.05) is 30.7 Å². The Bertz CT molecular complexity index is 319. The summed E-state index contributed by atoms with van der Waals surface area (Å²) in [4.78, 5) is 2.95. The average molecular weight is 278 g/mol. The molecule has 1 heterocycles. The lowest BCUT2D eigenvalue weighted by molar-refractivity contribution is -0.0172. The van der Waals surface area contributed by atoms with Gasteiger partial charge in [-0.25, -0.2) is 0 Å². The van der Waals surface area contributed by atoms with E-state index in [1.807, 2.05) is 0 Å². The van der Waals surface area contributed by atoms with Gasteiger partial charge in [0.2, 0.25) is 0 Å². The molecule has 2 nitrogen and oxygen atoms in total. The molecule has 0 aromatic carbocycles. The van der Waals surface area contributed by atoms with Crippen LogP contribution in [-0.2, 0) is 0 Å². The summed E-state index contributed by atoms with van der Waals surface area (Å²) in [5.41, 5.74) is 0.865. The first-order valence-electron chi connectivity index (χ1n) is 9.01. The molecule has 0 aromatic rings. The molecule has 1 N–H and O–H groups in total. The average Bonchev–Trinajstić information content (AvgIpc) is 2.86. The lowest BCUT2D eigenvalue weighted by atomic mass is 9.78. The molecular formula is C18H34N2.